The number of rotatable bonds is 6. The summed E-state index contributed by atoms with van der Waals surface area (Å²) in [4.78, 5) is 36.9. The van der Waals surface area contributed by atoms with Crippen molar-refractivity contribution >= 4 is 33.8 Å². The Bertz CT molecular complexity index is 668. The summed E-state index contributed by atoms with van der Waals surface area (Å²) >= 11 is 3.28. The number of carbonyl (C=O) groups is 3. The number of hydrogen-bond acceptors (Lipinski definition) is 7. The van der Waals surface area contributed by atoms with Crippen LogP contribution in [-0.2, 0) is 29.3 Å². The van der Waals surface area contributed by atoms with Crippen LogP contribution in [0.1, 0.15) is 26.3 Å². The molecule has 25 heavy (non-hydrogen) atoms. The lowest BCUT2D eigenvalue weighted by Gasteiger charge is -2.28. The fourth-order valence-electron chi connectivity index (χ4n) is 2.77. The van der Waals surface area contributed by atoms with Crippen LogP contribution in [0.2, 0.25) is 0 Å². The fourth-order valence-corrected chi connectivity index (χ4v) is 3.39. The van der Waals surface area contributed by atoms with Gasteiger partial charge in [0.1, 0.15) is 17.6 Å². The van der Waals surface area contributed by atoms with E-state index in [9.17, 15) is 14.4 Å². The Morgan fingerprint density at radius 3 is 2.24 bits per heavy atom. The fraction of sp³-hybridized carbons (Fsp3) is 0.471. The molecule has 0 saturated heterocycles. The van der Waals surface area contributed by atoms with Gasteiger partial charge in [0.15, 0.2) is 0 Å². The van der Waals surface area contributed by atoms with Crippen LogP contribution in [0.3, 0.4) is 0 Å². The maximum atomic E-state index is 12.8. The number of hydrogen-bond donors (Lipinski definition) is 0. The van der Waals surface area contributed by atoms with Crippen molar-refractivity contribution in [2.75, 3.05) is 18.5 Å². The Morgan fingerprint density at radius 1 is 1.16 bits per heavy atom. The first-order valence-corrected chi connectivity index (χ1v) is 8.93. The zero-order valence-corrected chi connectivity index (χ0v) is 15.8. The summed E-state index contributed by atoms with van der Waals surface area (Å²) in [6, 6.07) is 4.51. The lowest BCUT2D eigenvalue weighted by Crippen LogP contribution is -2.54. The minimum atomic E-state index is -1.79. The van der Waals surface area contributed by atoms with E-state index in [1.807, 2.05) is 0 Å². The topological polar surface area (TPSA) is 88.1 Å². The number of benzene rings is 1. The molecule has 1 aliphatic rings. The van der Waals surface area contributed by atoms with Crippen molar-refractivity contribution in [1.82, 2.24) is 0 Å². The number of carbonyl (C=O) groups excluding carboxylic acids is 3. The summed E-state index contributed by atoms with van der Waals surface area (Å²) in [6.07, 6.45) is -0.854. The molecule has 0 radical (unpaired) electrons. The standard InChI is InChI=1S/C17H19BrO7/c1-4-22-15(20)17(16(21)23-5-2)12-8-11(24-10(3)19)6-7-13(12)25-14(17)9-18/h6-8,14H,4-5,9H2,1-3H3. The van der Waals surface area contributed by atoms with Gasteiger partial charge in [-0.05, 0) is 32.0 Å². The van der Waals surface area contributed by atoms with Gasteiger partial charge < -0.3 is 18.9 Å². The van der Waals surface area contributed by atoms with E-state index in [1.165, 1.54) is 19.1 Å². The Morgan fingerprint density at radius 2 is 1.76 bits per heavy atom. The van der Waals surface area contributed by atoms with Crippen molar-refractivity contribution < 1.29 is 33.3 Å². The van der Waals surface area contributed by atoms with Gasteiger partial charge in [0.05, 0.1) is 13.2 Å². The molecule has 1 aromatic rings. The summed E-state index contributed by atoms with van der Waals surface area (Å²) in [5.74, 6) is -1.52. The SMILES string of the molecule is CCOC(=O)C1(C(=O)OCC)c2cc(OC(C)=O)ccc2OC1CBr. The predicted octanol–water partition coefficient (Wildman–Crippen LogP) is 2.13. The van der Waals surface area contributed by atoms with Gasteiger partial charge in [-0.25, -0.2) is 0 Å². The van der Waals surface area contributed by atoms with Crippen LogP contribution in [0, 0.1) is 0 Å². The number of esters is 3. The highest BCUT2D eigenvalue weighted by Crippen LogP contribution is 2.47. The van der Waals surface area contributed by atoms with Gasteiger partial charge in [-0.3, -0.25) is 14.4 Å². The van der Waals surface area contributed by atoms with Crippen molar-refractivity contribution in [2.45, 2.75) is 32.3 Å². The van der Waals surface area contributed by atoms with Crippen LogP contribution in [0.4, 0.5) is 0 Å². The lowest BCUT2D eigenvalue weighted by molar-refractivity contribution is -0.167. The van der Waals surface area contributed by atoms with Gasteiger partial charge in [0.2, 0.25) is 5.41 Å². The molecule has 0 bridgehead atoms. The molecule has 8 heteroatoms. The second kappa shape index (κ2) is 7.86. The van der Waals surface area contributed by atoms with Crippen molar-refractivity contribution in [1.29, 1.82) is 0 Å². The van der Waals surface area contributed by atoms with Crippen LogP contribution in [0.5, 0.6) is 11.5 Å². The number of ether oxygens (including phenoxy) is 4. The average Bonchev–Trinajstić information content (AvgIpc) is 2.89. The molecule has 0 aromatic heterocycles. The molecule has 0 amide bonds. The van der Waals surface area contributed by atoms with Gasteiger partial charge in [-0.2, -0.15) is 0 Å². The maximum Gasteiger partial charge on any atom is 0.332 e. The highest BCUT2D eigenvalue weighted by Gasteiger charge is 2.62. The van der Waals surface area contributed by atoms with E-state index in [0.29, 0.717) is 5.75 Å². The zero-order valence-electron chi connectivity index (χ0n) is 14.2. The first-order chi connectivity index (χ1) is 11.9. The first kappa shape index (κ1) is 19.2. The molecule has 0 aliphatic carbocycles. The van der Waals surface area contributed by atoms with E-state index in [1.54, 1.807) is 19.9 Å². The lowest BCUT2D eigenvalue weighted by atomic mass is 9.77. The van der Waals surface area contributed by atoms with Crippen LogP contribution in [0.25, 0.3) is 0 Å². The molecule has 7 nitrogen and oxygen atoms in total. The smallest absolute Gasteiger partial charge is 0.332 e. The quantitative estimate of drug-likeness (QED) is 0.304. The minimum Gasteiger partial charge on any atom is -0.487 e. The van der Waals surface area contributed by atoms with E-state index in [-0.39, 0.29) is 29.9 Å². The second-order valence-corrected chi connectivity index (χ2v) is 5.91. The third-order valence-electron chi connectivity index (χ3n) is 3.72. The van der Waals surface area contributed by atoms with Gasteiger partial charge in [0, 0.05) is 17.8 Å². The van der Waals surface area contributed by atoms with Crippen LogP contribution < -0.4 is 9.47 Å². The number of alkyl halides is 1. The van der Waals surface area contributed by atoms with Gasteiger partial charge in [-0.1, -0.05) is 15.9 Å². The Kier molecular flexibility index (Phi) is 6.05. The molecule has 0 N–H and O–H groups in total. The summed E-state index contributed by atoms with van der Waals surface area (Å²) in [5, 5.41) is 0.197. The van der Waals surface area contributed by atoms with Gasteiger partial charge >= 0.3 is 17.9 Å². The third-order valence-corrected chi connectivity index (χ3v) is 4.31. The van der Waals surface area contributed by atoms with Crippen LogP contribution in [0.15, 0.2) is 18.2 Å². The molecule has 1 heterocycles. The monoisotopic (exact) mass is 414 g/mol. The van der Waals surface area contributed by atoms with E-state index in [0.717, 1.165) is 0 Å². The van der Waals surface area contributed by atoms with E-state index in [2.05, 4.69) is 15.9 Å². The number of fused-ring (bicyclic) bond motifs is 1. The molecule has 2 rings (SSSR count). The summed E-state index contributed by atoms with van der Waals surface area (Å²) < 4.78 is 21.2. The zero-order chi connectivity index (χ0) is 18.6. The molecule has 1 unspecified atom stereocenters. The number of halogens is 1. The molecule has 0 saturated carbocycles. The highest BCUT2D eigenvalue weighted by molar-refractivity contribution is 9.09. The molecule has 1 aliphatic heterocycles. The Hall–Kier alpha value is -2.09. The summed E-state index contributed by atoms with van der Waals surface area (Å²) in [5.41, 5.74) is -1.53. The normalized spacial score (nSPS) is 17.2. The summed E-state index contributed by atoms with van der Waals surface area (Å²) in [6.45, 7) is 4.73. The molecular weight excluding hydrogens is 396 g/mol. The summed E-state index contributed by atoms with van der Waals surface area (Å²) in [7, 11) is 0. The second-order valence-electron chi connectivity index (χ2n) is 5.26. The van der Waals surface area contributed by atoms with E-state index >= 15 is 0 Å². The van der Waals surface area contributed by atoms with Crippen LogP contribution in [-0.4, -0.2) is 42.6 Å². The molecule has 136 valence electrons. The van der Waals surface area contributed by atoms with Crippen molar-refractivity contribution in [2.24, 2.45) is 0 Å². The van der Waals surface area contributed by atoms with Crippen molar-refractivity contribution in [3.05, 3.63) is 23.8 Å². The predicted molar refractivity (Wildman–Crippen MR) is 90.9 cm³/mol. The third kappa shape index (κ3) is 3.35. The minimum absolute atomic E-state index is 0.0912. The molecular formula is C17H19BrO7. The van der Waals surface area contributed by atoms with E-state index < -0.39 is 29.4 Å². The average molecular weight is 415 g/mol. The van der Waals surface area contributed by atoms with Crippen molar-refractivity contribution in [3.8, 4) is 11.5 Å². The first-order valence-electron chi connectivity index (χ1n) is 7.81. The molecule has 0 spiro atoms. The van der Waals surface area contributed by atoms with Crippen LogP contribution >= 0.6 is 15.9 Å². The van der Waals surface area contributed by atoms with Gasteiger partial charge in [-0.15, -0.1) is 0 Å². The largest absolute Gasteiger partial charge is 0.487 e. The molecule has 1 atom stereocenters. The Labute approximate surface area is 153 Å². The van der Waals surface area contributed by atoms with Gasteiger partial charge in [0.25, 0.3) is 0 Å². The van der Waals surface area contributed by atoms with E-state index in [4.69, 9.17) is 18.9 Å². The highest BCUT2D eigenvalue weighted by atomic mass is 79.9. The van der Waals surface area contributed by atoms with Crippen molar-refractivity contribution in [3.63, 3.8) is 0 Å². The maximum absolute atomic E-state index is 12.8. The Balaban J connectivity index is 2.65. The molecule has 0 fully saturated rings. The molecule has 1 aromatic carbocycles.